The van der Waals surface area contributed by atoms with E-state index in [0.29, 0.717) is 0 Å². The van der Waals surface area contributed by atoms with Crippen molar-refractivity contribution in [3.63, 3.8) is 0 Å². The third-order valence-corrected chi connectivity index (χ3v) is 7.19. The fourth-order valence-electron chi connectivity index (χ4n) is 3.31. The summed E-state index contributed by atoms with van der Waals surface area (Å²) in [6.45, 7) is 4.12. The van der Waals surface area contributed by atoms with Gasteiger partial charge >= 0.3 is 0 Å². The van der Waals surface area contributed by atoms with Gasteiger partial charge in [0.05, 0.1) is 5.60 Å². The maximum atomic E-state index is 10.6. The first-order valence-corrected chi connectivity index (χ1v) is 10.2. The first-order valence-electron chi connectivity index (χ1n) is 8.65. The fraction of sp³-hybridized carbons (Fsp3) is 0.273. The van der Waals surface area contributed by atoms with Crippen LogP contribution in [0.3, 0.4) is 0 Å². The number of hydrogen-bond donors (Lipinski definition) is 1. The minimum absolute atomic E-state index is 0.420. The van der Waals surface area contributed by atoms with Gasteiger partial charge in [0, 0.05) is 0 Å². The molecule has 1 nitrogen and oxygen atoms in total. The largest absolute Gasteiger partial charge is 0.385 e. The monoisotopic (exact) mass is 336 g/mol. The van der Waals surface area contributed by atoms with Gasteiger partial charge in [-0.15, -0.1) is 0 Å². The van der Waals surface area contributed by atoms with E-state index in [0.717, 1.165) is 37.4 Å². The van der Waals surface area contributed by atoms with Crippen molar-refractivity contribution in [1.82, 2.24) is 0 Å². The third-order valence-electron chi connectivity index (χ3n) is 4.77. The van der Waals surface area contributed by atoms with Crippen LogP contribution in [0.1, 0.15) is 25.7 Å². The molecule has 1 aliphatic carbocycles. The normalized spacial score (nSPS) is 16.8. The van der Waals surface area contributed by atoms with Crippen molar-refractivity contribution in [3.8, 4) is 0 Å². The number of rotatable bonds is 6. The van der Waals surface area contributed by atoms with Crippen molar-refractivity contribution in [2.24, 2.45) is 0 Å². The van der Waals surface area contributed by atoms with E-state index in [1.165, 1.54) is 10.6 Å². The van der Waals surface area contributed by atoms with Crippen molar-refractivity contribution >= 4 is 18.5 Å². The lowest BCUT2D eigenvalue weighted by Gasteiger charge is -2.23. The highest BCUT2D eigenvalue weighted by molar-refractivity contribution is 7.73. The molecule has 124 valence electrons. The van der Waals surface area contributed by atoms with Crippen molar-refractivity contribution in [3.05, 3.63) is 85.0 Å². The van der Waals surface area contributed by atoms with Gasteiger partial charge in [0.25, 0.3) is 0 Å². The molecule has 0 aliphatic heterocycles. The number of aliphatic hydroxyl groups is 1. The maximum Gasteiger partial charge on any atom is 0.0890 e. The average Bonchev–Trinajstić information content (AvgIpc) is 3.08. The summed E-state index contributed by atoms with van der Waals surface area (Å²) >= 11 is 0. The molecule has 0 unspecified atom stereocenters. The third kappa shape index (κ3) is 4.04. The number of allylic oxidation sites excluding steroid dienone is 1. The Morgan fingerprint density at radius 2 is 1.46 bits per heavy atom. The molecule has 2 heteroatoms. The van der Waals surface area contributed by atoms with Gasteiger partial charge in [-0.3, -0.25) is 0 Å². The summed E-state index contributed by atoms with van der Waals surface area (Å²) in [7, 11) is -0.420. The Labute approximate surface area is 146 Å². The average molecular weight is 336 g/mol. The summed E-state index contributed by atoms with van der Waals surface area (Å²) < 4.78 is 0. The molecule has 0 saturated heterocycles. The van der Waals surface area contributed by atoms with E-state index in [2.05, 4.69) is 73.3 Å². The standard InChI is InChI=1S/C22H25OP/c1-19(22(23)16-8-9-17-22)11-10-18-24(20-12-4-2-5-13-20)21-14-6-3-7-15-21/h2-7,10-15,23H,1,8-9,16-18H2/b11-10+. The summed E-state index contributed by atoms with van der Waals surface area (Å²) in [5, 5.41) is 13.4. The minimum atomic E-state index is -0.668. The van der Waals surface area contributed by atoms with Crippen LogP contribution in [0.4, 0.5) is 0 Å². The Bertz CT molecular complexity index is 645. The summed E-state index contributed by atoms with van der Waals surface area (Å²) in [6, 6.07) is 21.4. The second-order valence-electron chi connectivity index (χ2n) is 6.45. The van der Waals surface area contributed by atoms with Crippen LogP contribution >= 0.6 is 7.92 Å². The first kappa shape index (κ1) is 17.1. The highest BCUT2D eigenvalue weighted by Gasteiger charge is 2.32. The van der Waals surface area contributed by atoms with Gasteiger partial charge in [0.2, 0.25) is 0 Å². The van der Waals surface area contributed by atoms with Crippen LogP contribution in [-0.4, -0.2) is 16.9 Å². The molecule has 0 amide bonds. The Morgan fingerprint density at radius 3 is 1.96 bits per heavy atom. The van der Waals surface area contributed by atoms with Gasteiger partial charge < -0.3 is 5.11 Å². The van der Waals surface area contributed by atoms with E-state index in [-0.39, 0.29) is 0 Å². The Morgan fingerprint density at radius 1 is 0.958 bits per heavy atom. The molecule has 0 radical (unpaired) electrons. The SMILES string of the molecule is C=C(/C=C/CP(c1ccccc1)c1ccccc1)C1(O)CCCC1. The molecule has 3 rings (SSSR count). The van der Waals surface area contributed by atoms with Crippen molar-refractivity contribution in [1.29, 1.82) is 0 Å². The molecule has 2 aromatic rings. The topological polar surface area (TPSA) is 20.2 Å². The van der Waals surface area contributed by atoms with Crippen LogP contribution in [0, 0.1) is 0 Å². The maximum absolute atomic E-state index is 10.6. The van der Waals surface area contributed by atoms with E-state index in [1.807, 2.05) is 6.08 Å². The molecule has 0 atom stereocenters. The van der Waals surface area contributed by atoms with Crippen LogP contribution < -0.4 is 10.6 Å². The Balaban J connectivity index is 1.75. The van der Waals surface area contributed by atoms with Gasteiger partial charge in [-0.25, -0.2) is 0 Å². The van der Waals surface area contributed by atoms with Gasteiger partial charge in [-0.2, -0.15) is 0 Å². The molecule has 1 saturated carbocycles. The molecular weight excluding hydrogens is 311 g/mol. The highest BCUT2D eigenvalue weighted by atomic mass is 31.1. The molecule has 1 fully saturated rings. The van der Waals surface area contributed by atoms with E-state index in [9.17, 15) is 5.11 Å². The minimum Gasteiger partial charge on any atom is -0.385 e. The van der Waals surface area contributed by atoms with E-state index < -0.39 is 13.5 Å². The van der Waals surface area contributed by atoms with Gasteiger partial charge in [0.1, 0.15) is 0 Å². The Hall–Kier alpha value is -1.69. The molecule has 2 aromatic carbocycles. The summed E-state index contributed by atoms with van der Waals surface area (Å²) in [5.41, 5.74) is 0.203. The van der Waals surface area contributed by atoms with Crippen LogP contribution in [0.5, 0.6) is 0 Å². The molecule has 0 bridgehead atoms. The van der Waals surface area contributed by atoms with Gasteiger partial charge in [-0.05, 0) is 43.1 Å². The van der Waals surface area contributed by atoms with E-state index >= 15 is 0 Å². The van der Waals surface area contributed by atoms with Crippen LogP contribution in [0.15, 0.2) is 85.0 Å². The summed E-state index contributed by atoms with van der Waals surface area (Å²) in [6.07, 6.45) is 9.12. The predicted octanol–water partition coefficient (Wildman–Crippen LogP) is 4.54. The lowest BCUT2D eigenvalue weighted by Crippen LogP contribution is -2.25. The van der Waals surface area contributed by atoms with Crippen LogP contribution in [0.2, 0.25) is 0 Å². The summed E-state index contributed by atoms with van der Waals surface area (Å²) in [4.78, 5) is 0. The molecular formula is C22H25OP. The molecule has 1 aliphatic rings. The quantitative estimate of drug-likeness (QED) is 0.607. The molecule has 0 heterocycles. The van der Waals surface area contributed by atoms with Crippen molar-refractivity contribution in [2.45, 2.75) is 31.3 Å². The lowest BCUT2D eigenvalue weighted by atomic mass is 9.93. The van der Waals surface area contributed by atoms with Gasteiger partial charge in [0.15, 0.2) is 0 Å². The van der Waals surface area contributed by atoms with E-state index in [4.69, 9.17) is 0 Å². The predicted molar refractivity (Wildman–Crippen MR) is 106 cm³/mol. The zero-order valence-electron chi connectivity index (χ0n) is 14.1. The van der Waals surface area contributed by atoms with E-state index in [1.54, 1.807) is 0 Å². The zero-order valence-corrected chi connectivity index (χ0v) is 15.0. The first-order chi connectivity index (χ1) is 11.7. The second-order valence-corrected chi connectivity index (χ2v) is 8.70. The van der Waals surface area contributed by atoms with Crippen LogP contribution in [-0.2, 0) is 0 Å². The smallest absolute Gasteiger partial charge is 0.0890 e. The second kappa shape index (κ2) is 7.92. The van der Waals surface area contributed by atoms with Crippen LogP contribution in [0.25, 0.3) is 0 Å². The zero-order chi connectivity index (χ0) is 16.8. The van der Waals surface area contributed by atoms with Gasteiger partial charge in [-0.1, -0.05) is 92.2 Å². The molecule has 0 spiro atoms. The van der Waals surface area contributed by atoms with Crippen molar-refractivity contribution in [2.75, 3.05) is 6.16 Å². The molecule has 0 aromatic heterocycles. The Kier molecular flexibility index (Phi) is 5.66. The number of benzene rings is 2. The highest BCUT2D eigenvalue weighted by Crippen LogP contribution is 2.37. The fourth-order valence-corrected chi connectivity index (χ4v) is 5.41. The number of hydrogen-bond acceptors (Lipinski definition) is 1. The summed E-state index contributed by atoms with van der Waals surface area (Å²) in [5.74, 6) is 0. The van der Waals surface area contributed by atoms with Crippen molar-refractivity contribution < 1.29 is 5.11 Å². The molecule has 1 N–H and O–H groups in total. The molecule has 24 heavy (non-hydrogen) atoms. The lowest BCUT2D eigenvalue weighted by molar-refractivity contribution is 0.0905.